The van der Waals surface area contributed by atoms with Gasteiger partial charge in [0.1, 0.15) is 5.82 Å². The van der Waals surface area contributed by atoms with Crippen LogP contribution >= 0.6 is 0 Å². The van der Waals surface area contributed by atoms with Crippen molar-refractivity contribution >= 4 is 0 Å². The first-order chi connectivity index (χ1) is 10.6. The summed E-state index contributed by atoms with van der Waals surface area (Å²) >= 11 is 0. The molecule has 0 aliphatic rings. The maximum Gasteiger partial charge on any atom is 0.129 e. The molecule has 2 rings (SSSR count). The predicted molar refractivity (Wildman–Crippen MR) is 84.9 cm³/mol. The molecule has 0 bridgehead atoms. The number of aliphatic hydroxyl groups excluding tert-OH is 2. The molecule has 0 saturated carbocycles. The van der Waals surface area contributed by atoms with Crippen LogP contribution in [0.4, 0.5) is 4.39 Å². The topological polar surface area (TPSA) is 52.5 Å². The van der Waals surface area contributed by atoms with Crippen LogP contribution in [-0.2, 0) is 13.0 Å². The van der Waals surface area contributed by atoms with Gasteiger partial charge >= 0.3 is 0 Å². The molecular weight excluding hydrogens is 281 g/mol. The van der Waals surface area contributed by atoms with Gasteiger partial charge in [-0.3, -0.25) is 0 Å². The van der Waals surface area contributed by atoms with E-state index in [0.29, 0.717) is 12.1 Å². The van der Waals surface area contributed by atoms with Crippen LogP contribution in [0.1, 0.15) is 29.7 Å². The van der Waals surface area contributed by atoms with E-state index in [1.165, 1.54) is 6.07 Å². The zero-order valence-electron chi connectivity index (χ0n) is 12.7. The van der Waals surface area contributed by atoms with E-state index in [1.807, 2.05) is 31.2 Å². The third kappa shape index (κ3) is 4.63. The van der Waals surface area contributed by atoms with E-state index >= 15 is 0 Å². The Balaban J connectivity index is 1.84. The molecule has 2 atom stereocenters. The molecule has 0 saturated heterocycles. The lowest BCUT2D eigenvalue weighted by atomic mass is 10.0. The summed E-state index contributed by atoms with van der Waals surface area (Å²) < 4.78 is 13.6. The number of hydrogen-bond acceptors (Lipinski definition) is 3. The fourth-order valence-corrected chi connectivity index (χ4v) is 2.37. The van der Waals surface area contributed by atoms with Crippen LogP contribution in [-0.4, -0.2) is 22.8 Å². The van der Waals surface area contributed by atoms with Crippen LogP contribution < -0.4 is 5.32 Å². The molecule has 118 valence electrons. The number of aliphatic hydroxyl groups is 2. The molecule has 0 aromatic heterocycles. The van der Waals surface area contributed by atoms with Gasteiger partial charge in [0.2, 0.25) is 0 Å². The van der Waals surface area contributed by atoms with Gasteiger partial charge in [0, 0.05) is 18.2 Å². The second-order valence-corrected chi connectivity index (χ2v) is 5.53. The Morgan fingerprint density at radius 1 is 1.05 bits per heavy atom. The Morgan fingerprint density at radius 2 is 1.68 bits per heavy atom. The summed E-state index contributed by atoms with van der Waals surface area (Å²) in [6.07, 6.45) is -0.0594. The SMILES string of the molecule is CC(Cc1ccc(CO)cc1)NCC(O)c1ccccc1F. The minimum absolute atomic E-state index is 0.0446. The molecule has 0 aliphatic carbocycles. The average molecular weight is 303 g/mol. The van der Waals surface area contributed by atoms with Crippen molar-refractivity contribution in [2.45, 2.75) is 32.1 Å². The van der Waals surface area contributed by atoms with Crippen LogP contribution in [0.2, 0.25) is 0 Å². The monoisotopic (exact) mass is 303 g/mol. The van der Waals surface area contributed by atoms with Crippen molar-refractivity contribution in [3.8, 4) is 0 Å². The van der Waals surface area contributed by atoms with E-state index in [-0.39, 0.29) is 18.5 Å². The van der Waals surface area contributed by atoms with E-state index in [4.69, 9.17) is 5.11 Å². The molecule has 4 heteroatoms. The summed E-state index contributed by atoms with van der Waals surface area (Å²) in [6.45, 7) is 2.37. The molecule has 2 aromatic carbocycles. The molecule has 0 aliphatic heterocycles. The lowest BCUT2D eigenvalue weighted by molar-refractivity contribution is 0.166. The first-order valence-corrected chi connectivity index (χ1v) is 7.44. The van der Waals surface area contributed by atoms with E-state index < -0.39 is 6.10 Å². The van der Waals surface area contributed by atoms with E-state index in [1.54, 1.807) is 18.2 Å². The minimum atomic E-state index is -0.861. The van der Waals surface area contributed by atoms with Crippen molar-refractivity contribution in [2.24, 2.45) is 0 Å². The Labute approximate surface area is 130 Å². The summed E-state index contributed by atoms with van der Waals surface area (Å²) in [5.74, 6) is -0.385. The quantitative estimate of drug-likeness (QED) is 0.737. The summed E-state index contributed by atoms with van der Waals surface area (Å²) in [4.78, 5) is 0. The molecule has 3 nitrogen and oxygen atoms in total. The standard InChI is InChI=1S/C18H22FNO2/c1-13(10-14-6-8-15(12-21)9-7-14)20-11-18(22)16-4-2-3-5-17(16)19/h2-9,13,18,20-22H,10-12H2,1H3. The number of halogens is 1. The second-order valence-electron chi connectivity index (χ2n) is 5.53. The molecule has 22 heavy (non-hydrogen) atoms. The van der Waals surface area contributed by atoms with Gasteiger partial charge in [0.15, 0.2) is 0 Å². The molecule has 2 aromatic rings. The van der Waals surface area contributed by atoms with Crippen LogP contribution in [0, 0.1) is 5.82 Å². The zero-order valence-corrected chi connectivity index (χ0v) is 12.7. The highest BCUT2D eigenvalue weighted by atomic mass is 19.1. The number of benzene rings is 2. The highest BCUT2D eigenvalue weighted by Crippen LogP contribution is 2.16. The van der Waals surface area contributed by atoms with Crippen molar-refractivity contribution in [1.82, 2.24) is 5.32 Å². The number of rotatable bonds is 7. The van der Waals surface area contributed by atoms with Gasteiger partial charge in [-0.05, 0) is 30.5 Å². The Bertz CT molecular complexity index is 586. The Kier molecular flexibility index (Phi) is 6.07. The first kappa shape index (κ1) is 16.6. The van der Waals surface area contributed by atoms with E-state index in [0.717, 1.165) is 17.5 Å². The van der Waals surface area contributed by atoms with Crippen LogP contribution in [0.25, 0.3) is 0 Å². The summed E-state index contributed by atoms with van der Waals surface area (Å²) in [5.41, 5.74) is 2.35. The summed E-state index contributed by atoms with van der Waals surface area (Å²) in [5, 5.41) is 22.3. The molecule has 2 unspecified atom stereocenters. The molecule has 0 spiro atoms. The normalized spacial score (nSPS) is 13.8. The van der Waals surface area contributed by atoms with Crippen LogP contribution in [0.3, 0.4) is 0 Å². The van der Waals surface area contributed by atoms with E-state index in [9.17, 15) is 9.50 Å². The lowest BCUT2D eigenvalue weighted by Gasteiger charge is -2.18. The van der Waals surface area contributed by atoms with Gasteiger partial charge in [-0.2, -0.15) is 0 Å². The fourth-order valence-electron chi connectivity index (χ4n) is 2.37. The van der Waals surface area contributed by atoms with Gasteiger partial charge in [-0.25, -0.2) is 4.39 Å². The molecule has 0 fully saturated rings. The van der Waals surface area contributed by atoms with Crippen molar-refractivity contribution in [3.05, 3.63) is 71.0 Å². The molecular formula is C18H22FNO2. The van der Waals surface area contributed by atoms with Crippen molar-refractivity contribution in [2.75, 3.05) is 6.54 Å². The highest BCUT2D eigenvalue weighted by Gasteiger charge is 2.13. The van der Waals surface area contributed by atoms with Gasteiger partial charge < -0.3 is 15.5 Å². The fraction of sp³-hybridized carbons (Fsp3) is 0.333. The van der Waals surface area contributed by atoms with Crippen LogP contribution in [0.5, 0.6) is 0 Å². The highest BCUT2D eigenvalue weighted by molar-refractivity contribution is 5.23. The third-order valence-electron chi connectivity index (χ3n) is 3.67. The smallest absolute Gasteiger partial charge is 0.129 e. The average Bonchev–Trinajstić information content (AvgIpc) is 2.54. The number of nitrogens with one attached hydrogen (secondary N) is 1. The number of hydrogen-bond donors (Lipinski definition) is 3. The summed E-state index contributed by atoms with van der Waals surface area (Å²) in [7, 11) is 0. The van der Waals surface area contributed by atoms with Gasteiger partial charge in [0.25, 0.3) is 0 Å². The van der Waals surface area contributed by atoms with Crippen molar-refractivity contribution in [3.63, 3.8) is 0 Å². The third-order valence-corrected chi connectivity index (χ3v) is 3.67. The van der Waals surface area contributed by atoms with Crippen molar-refractivity contribution in [1.29, 1.82) is 0 Å². The zero-order chi connectivity index (χ0) is 15.9. The van der Waals surface area contributed by atoms with Gasteiger partial charge in [-0.1, -0.05) is 42.5 Å². The summed E-state index contributed by atoms with van der Waals surface area (Å²) in [6, 6.07) is 14.2. The Hall–Kier alpha value is -1.75. The largest absolute Gasteiger partial charge is 0.392 e. The first-order valence-electron chi connectivity index (χ1n) is 7.44. The second kappa shape index (κ2) is 8.03. The molecule has 0 heterocycles. The maximum absolute atomic E-state index is 13.6. The van der Waals surface area contributed by atoms with Gasteiger partial charge in [-0.15, -0.1) is 0 Å². The lowest BCUT2D eigenvalue weighted by Crippen LogP contribution is -2.32. The van der Waals surface area contributed by atoms with Gasteiger partial charge in [0.05, 0.1) is 12.7 Å². The van der Waals surface area contributed by atoms with E-state index in [2.05, 4.69) is 5.32 Å². The minimum Gasteiger partial charge on any atom is -0.392 e. The van der Waals surface area contributed by atoms with Crippen molar-refractivity contribution < 1.29 is 14.6 Å². The van der Waals surface area contributed by atoms with Crippen LogP contribution in [0.15, 0.2) is 48.5 Å². The Morgan fingerprint density at radius 3 is 2.32 bits per heavy atom. The maximum atomic E-state index is 13.6. The molecule has 0 radical (unpaired) electrons. The predicted octanol–water partition coefficient (Wildman–Crippen LogP) is 2.57. The molecule has 3 N–H and O–H groups in total. The molecule has 0 amide bonds.